The molecule has 0 radical (unpaired) electrons. The fourth-order valence-electron chi connectivity index (χ4n) is 3.79. The Morgan fingerprint density at radius 3 is 2.72 bits per heavy atom. The molecule has 0 spiro atoms. The summed E-state index contributed by atoms with van der Waals surface area (Å²) in [5.41, 5.74) is 3.42. The van der Waals surface area contributed by atoms with Crippen molar-refractivity contribution in [2.45, 2.75) is 51.7 Å². The van der Waals surface area contributed by atoms with E-state index in [2.05, 4.69) is 13.8 Å². The van der Waals surface area contributed by atoms with Gasteiger partial charge in [0.2, 0.25) is 0 Å². The number of benzene rings is 1. The van der Waals surface area contributed by atoms with E-state index in [0.717, 1.165) is 41.7 Å². The van der Waals surface area contributed by atoms with Gasteiger partial charge < -0.3 is 14.6 Å². The van der Waals surface area contributed by atoms with Crippen LogP contribution in [0.15, 0.2) is 17.1 Å². The molecule has 0 atom stereocenters. The molecule has 0 bridgehead atoms. The maximum absolute atomic E-state index is 12.8. The highest BCUT2D eigenvalue weighted by molar-refractivity contribution is 6.13. The summed E-state index contributed by atoms with van der Waals surface area (Å²) in [6, 6.07) is 3.91. The number of hydrogen-bond donors (Lipinski definition) is 1. The summed E-state index contributed by atoms with van der Waals surface area (Å²) in [7, 11) is 1.61. The first-order valence-corrected chi connectivity index (χ1v) is 8.93. The summed E-state index contributed by atoms with van der Waals surface area (Å²) in [6.07, 6.45) is 2.73. The van der Waals surface area contributed by atoms with Gasteiger partial charge in [-0.15, -0.1) is 0 Å². The van der Waals surface area contributed by atoms with Crippen molar-refractivity contribution in [1.29, 1.82) is 0 Å². The highest BCUT2D eigenvalue weighted by Crippen LogP contribution is 2.33. The second-order valence-corrected chi connectivity index (χ2v) is 7.56. The van der Waals surface area contributed by atoms with Gasteiger partial charge >= 0.3 is 0 Å². The maximum atomic E-state index is 12.8. The van der Waals surface area contributed by atoms with Crippen molar-refractivity contribution in [2.75, 3.05) is 20.3 Å². The number of methoxy groups -OCH3 is 1. The van der Waals surface area contributed by atoms with Crippen LogP contribution in [0.25, 0.3) is 0 Å². The van der Waals surface area contributed by atoms with Crippen LogP contribution in [0, 0.1) is 5.92 Å². The number of hydrogen-bond acceptors (Lipinski definition) is 5. The Kier molecular flexibility index (Phi) is 5.25. The van der Waals surface area contributed by atoms with Gasteiger partial charge in [0, 0.05) is 31.1 Å². The van der Waals surface area contributed by atoms with E-state index in [1.165, 1.54) is 0 Å². The summed E-state index contributed by atoms with van der Waals surface area (Å²) in [4.78, 5) is 17.6. The topological polar surface area (TPSA) is 68.1 Å². The van der Waals surface area contributed by atoms with Crippen molar-refractivity contribution in [2.24, 2.45) is 10.9 Å². The van der Waals surface area contributed by atoms with Crippen molar-refractivity contribution in [3.05, 3.63) is 28.8 Å². The number of aliphatic imine (C=N–C) groups is 1. The minimum absolute atomic E-state index is 0.0699. The number of aliphatic hydroxyl groups is 1. The zero-order valence-electron chi connectivity index (χ0n) is 15.3. The Hall–Kier alpha value is -1.72. The van der Waals surface area contributed by atoms with Crippen molar-refractivity contribution in [3.63, 3.8) is 0 Å². The highest BCUT2D eigenvalue weighted by Gasteiger charge is 2.31. The Balaban J connectivity index is 1.92. The standard InChI is InChI=1S/C20H27NO4/c1-20(2)11-14-9-19(24-3)15(12-22)8-16(14)17(21-20)10-18(23)13-4-6-25-7-5-13/h8-9,13,22H,4-7,10-12H2,1-3H3. The largest absolute Gasteiger partial charge is 0.496 e. The van der Waals surface area contributed by atoms with Gasteiger partial charge in [0.25, 0.3) is 0 Å². The van der Waals surface area contributed by atoms with Crippen LogP contribution < -0.4 is 4.74 Å². The van der Waals surface area contributed by atoms with E-state index in [4.69, 9.17) is 14.5 Å². The number of carbonyl (C=O) groups is 1. The molecular formula is C20H27NO4. The first-order chi connectivity index (χ1) is 11.9. The van der Waals surface area contributed by atoms with Crippen LogP contribution in [0.2, 0.25) is 0 Å². The van der Waals surface area contributed by atoms with E-state index in [-0.39, 0.29) is 23.8 Å². The molecule has 5 nitrogen and oxygen atoms in total. The lowest BCUT2D eigenvalue weighted by atomic mass is 9.83. The normalized spacial score (nSPS) is 19.9. The van der Waals surface area contributed by atoms with Crippen molar-refractivity contribution >= 4 is 11.5 Å². The van der Waals surface area contributed by atoms with E-state index in [1.54, 1.807) is 7.11 Å². The lowest BCUT2D eigenvalue weighted by Gasteiger charge is -2.30. The van der Waals surface area contributed by atoms with Gasteiger partial charge in [-0.3, -0.25) is 9.79 Å². The summed E-state index contributed by atoms with van der Waals surface area (Å²) >= 11 is 0. The van der Waals surface area contributed by atoms with E-state index in [9.17, 15) is 9.90 Å². The molecule has 2 heterocycles. The number of aliphatic hydroxyl groups excluding tert-OH is 1. The molecule has 0 saturated carbocycles. The van der Waals surface area contributed by atoms with Crippen LogP contribution in [0.5, 0.6) is 5.75 Å². The molecule has 25 heavy (non-hydrogen) atoms. The SMILES string of the molecule is COc1cc2c(cc1CO)C(CC(=O)C1CCOCC1)=NC(C)(C)C2. The monoisotopic (exact) mass is 345 g/mol. The fraction of sp³-hybridized carbons (Fsp3) is 0.600. The molecule has 1 N–H and O–H groups in total. The quantitative estimate of drug-likeness (QED) is 0.891. The first-order valence-electron chi connectivity index (χ1n) is 8.93. The molecule has 0 unspecified atom stereocenters. The third kappa shape index (κ3) is 3.93. The van der Waals surface area contributed by atoms with Crippen molar-refractivity contribution in [3.8, 4) is 5.75 Å². The number of carbonyl (C=O) groups excluding carboxylic acids is 1. The third-order valence-electron chi connectivity index (χ3n) is 5.07. The Morgan fingerprint density at radius 2 is 2.08 bits per heavy atom. The molecule has 0 amide bonds. The number of nitrogens with zero attached hydrogens (tertiary/aromatic N) is 1. The van der Waals surface area contributed by atoms with Crippen LogP contribution in [0.4, 0.5) is 0 Å². The van der Waals surface area contributed by atoms with Crippen LogP contribution in [0.1, 0.15) is 49.8 Å². The van der Waals surface area contributed by atoms with E-state index in [1.807, 2.05) is 12.1 Å². The molecule has 1 saturated heterocycles. The molecule has 3 rings (SSSR count). The number of rotatable bonds is 5. The summed E-state index contributed by atoms with van der Waals surface area (Å²) in [6.45, 7) is 5.40. The average molecular weight is 345 g/mol. The van der Waals surface area contributed by atoms with Gasteiger partial charge in [0.15, 0.2) is 0 Å². The van der Waals surface area contributed by atoms with Gasteiger partial charge in [0.05, 0.1) is 25.0 Å². The second-order valence-electron chi connectivity index (χ2n) is 7.56. The van der Waals surface area contributed by atoms with Gasteiger partial charge in [-0.05, 0) is 56.4 Å². The smallest absolute Gasteiger partial charge is 0.142 e. The number of Topliss-reactive ketones (excluding diaryl/α,β-unsaturated/α-hetero) is 1. The molecule has 1 fully saturated rings. The predicted octanol–water partition coefficient (Wildman–Crippen LogP) is 2.70. The van der Waals surface area contributed by atoms with Crippen LogP contribution in [0.3, 0.4) is 0 Å². The molecule has 136 valence electrons. The second kappa shape index (κ2) is 7.26. The number of fused-ring (bicyclic) bond motifs is 1. The van der Waals surface area contributed by atoms with Crippen LogP contribution in [-0.4, -0.2) is 42.5 Å². The van der Waals surface area contributed by atoms with Gasteiger partial charge in [-0.2, -0.15) is 0 Å². The van der Waals surface area contributed by atoms with Gasteiger partial charge in [-0.25, -0.2) is 0 Å². The summed E-state index contributed by atoms with van der Waals surface area (Å²) in [5, 5.41) is 9.63. The van der Waals surface area contributed by atoms with Gasteiger partial charge in [-0.1, -0.05) is 0 Å². The molecule has 1 aromatic carbocycles. The lowest BCUT2D eigenvalue weighted by molar-refractivity contribution is -0.124. The molecule has 1 aromatic rings. The Morgan fingerprint density at radius 1 is 1.36 bits per heavy atom. The van der Waals surface area contributed by atoms with Crippen LogP contribution in [-0.2, 0) is 22.6 Å². The first kappa shape index (κ1) is 18.1. The van der Waals surface area contributed by atoms with Crippen molar-refractivity contribution in [1.82, 2.24) is 0 Å². The predicted molar refractivity (Wildman–Crippen MR) is 96.4 cm³/mol. The fourth-order valence-corrected chi connectivity index (χ4v) is 3.79. The van der Waals surface area contributed by atoms with Crippen LogP contribution >= 0.6 is 0 Å². The minimum Gasteiger partial charge on any atom is -0.496 e. The zero-order valence-corrected chi connectivity index (χ0v) is 15.3. The zero-order chi connectivity index (χ0) is 18.0. The third-order valence-corrected chi connectivity index (χ3v) is 5.07. The molecule has 2 aliphatic rings. The highest BCUT2D eigenvalue weighted by atomic mass is 16.5. The molecule has 0 aromatic heterocycles. The maximum Gasteiger partial charge on any atom is 0.142 e. The van der Waals surface area contributed by atoms with E-state index in [0.29, 0.717) is 25.4 Å². The van der Waals surface area contributed by atoms with Crippen molar-refractivity contribution < 1.29 is 19.4 Å². The Bertz CT molecular complexity index is 687. The van der Waals surface area contributed by atoms with E-state index >= 15 is 0 Å². The molecule has 5 heteroatoms. The lowest BCUT2D eigenvalue weighted by Crippen LogP contribution is -2.32. The number of ketones is 1. The molecule has 2 aliphatic heterocycles. The summed E-state index contributed by atoms with van der Waals surface area (Å²) < 4.78 is 10.8. The molecule has 0 aliphatic carbocycles. The summed E-state index contributed by atoms with van der Waals surface area (Å²) in [5.74, 6) is 1.00. The molecular weight excluding hydrogens is 318 g/mol. The average Bonchev–Trinajstić information content (AvgIpc) is 2.60. The number of ether oxygens (including phenoxy) is 2. The minimum atomic E-state index is -0.246. The van der Waals surface area contributed by atoms with E-state index < -0.39 is 0 Å². The van der Waals surface area contributed by atoms with Gasteiger partial charge in [0.1, 0.15) is 11.5 Å². The Labute approximate surface area is 149 Å².